The van der Waals surface area contributed by atoms with Crippen molar-refractivity contribution in [3.63, 3.8) is 0 Å². The highest BCUT2D eigenvalue weighted by Crippen LogP contribution is 2.19. The number of urea groups is 1. The summed E-state index contributed by atoms with van der Waals surface area (Å²) in [7, 11) is 0. The quantitative estimate of drug-likeness (QED) is 0.507. The van der Waals surface area contributed by atoms with E-state index in [0.29, 0.717) is 6.54 Å². The summed E-state index contributed by atoms with van der Waals surface area (Å²) in [6.07, 6.45) is 1.03. The van der Waals surface area contributed by atoms with Crippen molar-refractivity contribution >= 4 is 18.2 Å². The molecule has 0 aliphatic carbocycles. The Morgan fingerprint density at radius 3 is 2.40 bits per heavy atom. The first-order valence-electron chi connectivity index (χ1n) is 5.08. The summed E-state index contributed by atoms with van der Waals surface area (Å²) < 4.78 is 0. The van der Waals surface area contributed by atoms with Crippen LogP contribution in [0.2, 0.25) is 0 Å². The second kappa shape index (κ2) is 4.42. The van der Waals surface area contributed by atoms with Crippen LogP contribution >= 0.6 is 0 Å². The van der Waals surface area contributed by atoms with Crippen LogP contribution in [0.25, 0.3) is 0 Å². The normalized spacial score (nSPS) is 21.7. The molecule has 1 saturated heterocycles. The second-order valence-corrected chi connectivity index (χ2v) is 3.91. The van der Waals surface area contributed by atoms with Gasteiger partial charge in [0.25, 0.3) is 5.91 Å². The molecule has 5 nitrogen and oxygen atoms in total. The monoisotopic (exact) mass is 212 g/mol. The van der Waals surface area contributed by atoms with E-state index in [4.69, 9.17) is 0 Å². The summed E-state index contributed by atoms with van der Waals surface area (Å²) in [5.41, 5.74) is 0. The van der Waals surface area contributed by atoms with E-state index in [1.54, 1.807) is 20.8 Å². The van der Waals surface area contributed by atoms with Gasteiger partial charge in [0.2, 0.25) is 0 Å². The lowest BCUT2D eigenvalue weighted by molar-refractivity contribution is -0.129. The van der Waals surface area contributed by atoms with E-state index in [2.05, 4.69) is 0 Å². The molecule has 0 N–H and O–H groups in total. The van der Waals surface area contributed by atoms with Crippen molar-refractivity contribution in [2.24, 2.45) is 0 Å². The van der Waals surface area contributed by atoms with Crippen molar-refractivity contribution in [1.29, 1.82) is 0 Å². The first-order valence-corrected chi connectivity index (χ1v) is 5.08. The maximum atomic E-state index is 11.8. The fourth-order valence-electron chi connectivity index (χ4n) is 1.69. The van der Waals surface area contributed by atoms with E-state index in [-0.39, 0.29) is 24.4 Å². The Bertz CT molecular complexity index is 288. The zero-order valence-electron chi connectivity index (χ0n) is 9.27. The zero-order chi connectivity index (χ0) is 11.6. The molecule has 0 spiro atoms. The summed E-state index contributed by atoms with van der Waals surface area (Å²) in [6.45, 7) is 5.60. The van der Waals surface area contributed by atoms with Crippen LogP contribution in [0.15, 0.2) is 0 Å². The molecule has 1 aliphatic rings. The van der Waals surface area contributed by atoms with Gasteiger partial charge in [-0.1, -0.05) is 0 Å². The minimum atomic E-state index is -0.445. The van der Waals surface area contributed by atoms with Gasteiger partial charge in [0.05, 0.1) is 0 Å². The van der Waals surface area contributed by atoms with Gasteiger partial charge in [0.15, 0.2) is 0 Å². The van der Waals surface area contributed by atoms with Gasteiger partial charge in [-0.05, 0) is 20.8 Å². The zero-order valence-corrected chi connectivity index (χ0v) is 9.27. The Labute approximate surface area is 89.0 Å². The Morgan fingerprint density at radius 2 is 2.00 bits per heavy atom. The minimum Gasteiger partial charge on any atom is -0.312 e. The van der Waals surface area contributed by atoms with E-state index in [1.165, 1.54) is 9.80 Å². The van der Waals surface area contributed by atoms with Gasteiger partial charge < -0.3 is 9.69 Å². The van der Waals surface area contributed by atoms with Crippen molar-refractivity contribution in [2.45, 2.75) is 39.3 Å². The van der Waals surface area contributed by atoms with E-state index in [0.717, 1.165) is 6.29 Å². The lowest BCUT2D eigenvalue weighted by Crippen LogP contribution is -2.38. The van der Waals surface area contributed by atoms with Gasteiger partial charge in [0, 0.05) is 19.0 Å². The molecule has 84 valence electrons. The Balaban J connectivity index is 2.80. The number of imide groups is 1. The molecule has 0 aromatic rings. The summed E-state index contributed by atoms with van der Waals surface area (Å²) in [6, 6.07) is -0.863. The van der Waals surface area contributed by atoms with Gasteiger partial charge in [-0.3, -0.25) is 9.69 Å². The third-order valence-electron chi connectivity index (χ3n) is 2.52. The summed E-state index contributed by atoms with van der Waals surface area (Å²) in [4.78, 5) is 36.4. The average Bonchev–Trinajstić information content (AvgIpc) is 2.37. The van der Waals surface area contributed by atoms with Crippen LogP contribution in [-0.2, 0) is 9.59 Å². The van der Waals surface area contributed by atoms with Gasteiger partial charge >= 0.3 is 6.03 Å². The average molecular weight is 212 g/mol. The minimum absolute atomic E-state index is 0.131. The summed E-state index contributed by atoms with van der Waals surface area (Å²) in [5.74, 6) is -0.180. The van der Waals surface area contributed by atoms with E-state index in [1.807, 2.05) is 0 Å². The molecule has 0 bridgehead atoms. The SMILES string of the molecule is CC1C(=O)N(C(C)C)C(=O)N1CCC=O. The lowest BCUT2D eigenvalue weighted by atomic mass is 10.2. The highest BCUT2D eigenvalue weighted by Gasteiger charge is 2.42. The van der Waals surface area contributed by atoms with Gasteiger partial charge in [-0.25, -0.2) is 4.79 Å². The third kappa shape index (κ3) is 2.00. The second-order valence-electron chi connectivity index (χ2n) is 3.91. The van der Waals surface area contributed by atoms with Crippen LogP contribution in [0, 0.1) is 0 Å². The van der Waals surface area contributed by atoms with Crippen LogP contribution in [0.1, 0.15) is 27.2 Å². The number of aldehydes is 1. The van der Waals surface area contributed by atoms with Crippen LogP contribution in [0.4, 0.5) is 4.79 Å². The van der Waals surface area contributed by atoms with Gasteiger partial charge in [-0.15, -0.1) is 0 Å². The molecule has 15 heavy (non-hydrogen) atoms. The van der Waals surface area contributed by atoms with Gasteiger partial charge in [0.1, 0.15) is 12.3 Å². The van der Waals surface area contributed by atoms with Crippen LogP contribution < -0.4 is 0 Å². The Morgan fingerprint density at radius 1 is 1.40 bits per heavy atom. The topological polar surface area (TPSA) is 57.7 Å². The molecule has 5 heteroatoms. The number of nitrogens with zero attached hydrogens (tertiary/aromatic N) is 2. The summed E-state index contributed by atoms with van der Waals surface area (Å²) >= 11 is 0. The molecule has 1 aliphatic heterocycles. The lowest BCUT2D eigenvalue weighted by Gasteiger charge is -2.19. The Hall–Kier alpha value is -1.39. The molecule has 3 amide bonds. The maximum Gasteiger partial charge on any atom is 0.327 e. The third-order valence-corrected chi connectivity index (χ3v) is 2.52. The number of hydrogen-bond donors (Lipinski definition) is 0. The summed E-state index contributed by atoms with van der Waals surface area (Å²) in [5, 5.41) is 0. The molecular weight excluding hydrogens is 196 g/mol. The highest BCUT2D eigenvalue weighted by atomic mass is 16.2. The molecule has 0 aromatic carbocycles. The molecule has 1 heterocycles. The number of carbonyl (C=O) groups is 3. The van der Waals surface area contributed by atoms with E-state index >= 15 is 0 Å². The van der Waals surface area contributed by atoms with Crippen LogP contribution in [0.3, 0.4) is 0 Å². The first kappa shape index (κ1) is 11.7. The fraction of sp³-hybridized carbons (Fsp3) is 0.700. The Kier molecular flexibility index (Phi) is 3.44. The van der Waals surface area contributed by atoms with Crippen molar-refractivity contribution in [3.8, 4) is 0 Å². The predicted octanol–water partition coefficient (Wildman–Crippen LogP) is 0.636. The fourth-order valence-corrected chi connectivity index (χ4v) is 1.69. The van der Waals surface area contributed by atoms with Crippen molar-refractivity contribution in [3.05, 3.63) is 0 Å². The molecule has 1 atom stereocenters. The predicted molar refractivity (Wildman–Crippen MR) is 54.2 cm³/mol. The van der Waals surface area contributed by atoms with E-state index in [9.17, 15) is 14.4 Å². The maximum absolute atomic E-state index is 11.8. The molecule has 1 fully saturated rings. The number of amides is 3. The molecular formula is C10H16N2O3. The van der Waals surface area contributed by atoms with Crippen molar-refractivity contribution in [1.82, 2.24) is 9.80 Å². The van der Waals surface area contributed by atoms with Gasteiger partial charge in [-0.2, -0.15) is 0 Å². The smallest absolute Gasteiger partial charge is 0.312 e. The molecule has 1 unspecified atom stereocenters. The largest absolute Gasteiger partial charge is 0.327 e. The van der Waals surface area contributed by atoms with E-state index < -0.39 is 6.04 Å². The number of rotatable bonds is 4. The highest BCUT2D eigenvalue weighted by molar-refractivity contribution is 6.04. The molecule has 1 rings (SSSR count). The molecule has 0 radical (unpaired) electrons. The molecule has 0 saturated carbocycles. The molecule has 0 aromatic heterocycles. The van der Waals surface area contributed by atoms with Crippen LogP contribution in [-0.4, -0.2) is 46.7 Å². The van der Waals surface area contributed by atoms with Crippen molar-refractivity contribution < 1.29 is 14.4 Å². The van der Waals surface area contributed by atoms with Crippen molar-refractivity contribution in [2.75, 3.05) is 6.54 Å². The van der Waals surface area contributed by atoms with Crippen LogP contribution in [0.5, 0.6) is 0 Å². The standard InChI is InChI=1S/C10H16N2O3/c1-7(2)12-9(14)8(3)11(10(12)15)5-4-6-13/h6-8H,4-5H2,1-3H3. The first-order chi connectivity index (χ1) is 7.00. The number of carbonyl (C=O) groups excluding carboxylic acids is 3. The number of hydrogen-bond acceptors (Lipinski definition) is 3.